The van der Waals surface area contributed by atoms with E-state index in [9.17, 15) is 4.79 Å². The summed E-state index contributed by atoms with van der Waals surface area (Å²) >= 11 is 3.50. The Morgan fingerprint density at radius 2 is 2.12 bits per heavy atom. The maximum Gasteiger partial charge on any atom is 0.338 e. The predicted octanol–water partition coefficient (Wildman–Crippen LogP) is 3.60. The maximum atomic E-state index is 13.1. The van der Waals surface area contributed by atoms with E-state index in [-0.39, 0.29) is 12.1 Å². The normalized spacial score (nSPS) is 20.5. The molecular formula is C18H20BrN5O2. The third kappa shape index (κ3) is 3.25. The summed E-state index contributed by atoms with van der Waals surface area (Å²) < 4.78 is 8.41. The number of aromatic nitrogens is 4. The molecule has 1 aromatic carbocycles. The molecule has 0 unspecified atom stereocenters. The summed E-state index contributed by atoms with van der Waals surface area (Å²) in [6, 6.07) is 7.40. The Labute approximate surface area is 159 Å². The minimum absolute atomic E-state index is 0.00465. The number of nitrogens with zero attached hydrogens (tertiary/aromatic N) is 4. The van der Waals surface area contributed by atoms with E-state index in [1.54, 1.807) is 4.68 Å². The molecule has 1 aliphatic heterocycles. The number of esters is 1. The lowest BCUT2D eigenvalue weighted by Crippen LogP contribution is -2.32. The highest BCUT2D eigenvalue weighted by atomic mass is 79.9. The highest BCUT2D eigenvalue weighted by molar-refractivity contribution is 9.10. The summed E-state index contributed by atoms with van der Waals surface area (Å²) in [5, 5.41) is 15.0. The molecule has 0 amide bonds. The molecule has 2 aliphatic rings. The topological polar surface area (TPSA) is 81.9 Å². The van der Waals surface area contributed by atoms with Crippen LogP contribution >= 0.6 is 15.9 Å². The van der Waals surface area contributed by atoms with Gasteiger partial charge in [0.15, 0.2) is 0 Å². The van der Waals surface area contributed by atoms with Crippen LogP contribution in [0.4, 0.5) is 5.95 Å². The molecule has 2 aromatic rings. The standard InChI is InChI=1S/C18H20BrN5O2/c1-11-15(17(25)26-14-8-3-2-4-9-14)16(12-6-5-7-13(19)10-12)24-18(20-11)21-22-23-24/h5-7,10,14,16H,2-4,8-9H2,1H3,(H,20,21,23)/t16-/m0/s1. The zero-order valence-corrected chi connectivity index (χ0v) is 16.1. The Bertz CT molecular complexity index is 857. The number of anilines is 1. The molecule has 7 nitrogen and oxygen atoms in total. The number of rotatable bonds is 3. The number of ether oxygens (including phenoxy) is 1. The van der Waals surface area contributed by atoms with Gasteiger partial charge in [0.1, 0.15) is 12.1 Å². The first-order valence-corrected chi connectivity index (χ1v) is 9.65. The van der Waals surface area contributed by atoms with E-state index in [1.165, 1.54) is 6.42 Å². The number of allylic oxidation sites excluding steroid dienone is 1. The number of halogens is 1. The van der Waals surface area contributed by atoms with Gasteiger partial charge in [-0.1, -0.05) is 39.6 Å². The number of nitrogens with one attached hydrogen (secondary N) is 1. The average Bonchev–Trinajstić information content (AvgIpc) is 3.09. The highest BCUT2D eigenvalue weighted by Gasteiger charge is 2.36. The smallest absolute Gasteiger partial charge is 0.338 e. The highest BCUT2D eigenvalue weighted by Crippen LogP contribution is 2.36. The van der Waals surface area contributed by atoms with Crippen LogP contribution in [-0.4, -0.2) is 32.3 Å². The number of fused-ring (bicyclic) bond motifs is 1. The van der Waals surface area contributed by atoms with E-state index in [0.717, 1.165) is 41.4 Å². The van der Waals surface area contributed by atoms with Crippen molar-refractivity contribution in [3.63, 3.8) is 0 Å². The summed E-state index contributed by atoms with van der Waals surface area (Å²) in [7, 11) is 0. The lowest BCUT2D eigenvalue weighted by atomic mass is 9.95. The van der Waals surface area contributed by atoms with Crippen LogP contribution in [0.5, 0.6) is 0 Å². The number of benzene rings is 1. The Morgan fingerprint density at radius 1 is 1.31 bits per heavy atom. The molecule has 0 saturated heterocycles. The van der Waals surface area contributed by atoms with Crippen LogP contribution in [0.15, 0.2) is 40.0 Å². The van der Waals surface area contributed by atoms with Crippen molar-refractivity contribution in [2.24, 2.45) is 0 Å². The predicted molar refractivity (Wildman–Crippen MR) is 99.4 cm³/mol. The zero-order chi connectivity index (χ0) is 18.1. The SMILES string of the molecule is CC1=C(C(=O)OC2CCCCC2)[C@H](c2cccc(Br)c2)n2nnnc2N1. The molecule has 1 saturated carbocycles. The Hall–Kier alpha value is -2.22. The first-order valence-electron chi connectivity index (χ1n) is 8.85. The van der Waals surface area contributed by atoms with Gasteiger partial charge in [0.25, 0.3) is 0 Å². The second-order valence-electron chi connectivity index (χ2n) is 6.73. The Balaban J connectivity index is 1.71. The number of hydrogen-bond acceptors (Lipinski definition) is 6. The van der Waals surface area contributed by atoms with Crippen molar-refractivity contribution in [3.8, 4) is 0 Å². The van der Waals surface area contributed by atoms with E-state index >= 15 is 0 Å². The van der Waals surface area contributed by atoms with Gasteiger partial charge in [-0.15, -0.1) is 0 Å². The van der Waals surface area contributed by atoms with Crippen molar-refractivity contribution < 1.29 is 9.53 Å². The van der Waals surface area contributed by atoms with E-state index < -0.39 is 6.04 Å². The fraction of sp³-hybridized carbons (Fsp3) is 0.444. The van der Waals surface area contributed by atoms with Crippen molar-refractivity contribution in [1.82, 2.24) is 20.2 Å². The van der Waals surface area contributed by atoms with Gasteiger partial charge in [-0.05, 0) is 60.7 Å². The summed E-state index contributed by atoms with van der Waals surface area (Å²) in [5.74, 6) is 0.217. The van der Waals surface area contributed by atoms with Gasteiger partial charge in [0.2, 0.25) is 5.95 Å². The van der Waals surface area contributed by atoms with Gasteiger partial charge in [0.05, 0.1) is 5.57 Å². The monoisotopic (exact) mass is 417 g/mol. The van der Waals surface area contributed by atoms with Crippen molar-refractivity contribution in [2.45, 2.75) is 51.2 Å². The molecule has 1 aromatic heterocycles. The number of carbonyl (C=O) groups is 1. The van der Waals surface area contributed by atoms with Crippen LogP contribution in [0.3, 0.4) is 0 Å². The molecular weight excluding hydrogens is 398 g/mol. The van der Waals surface area contributed by atoms with E-state index in [0.29, 0.717) is 11.5 Å². The number of carbonyl (C=O) groups excluding carboxylic acids is 1. The van der Waals surface area contributed by atoms with E-state index in [4.69, 9.17) is 4.74 Å². The van der Waals surface area contributed by atoms with E-state index in [1.807, 2.05) is 31.2 Å². The molecule has 1 atom stereocenters. The van der Waals surface area contributed by atoms with Crippen molar-refractivity contribution in [2.75, 3.05) is 5.32 Å². The molecule has 8 heteroatoms. The van der Waals surface area contributed by atoms with E-state index in [2.05, 4.69) is 36.8 Å². The van der Waals surface area contributed by atoms with Crippen LogP contribution < -0.4 is 5.32 Å². The van der Waals surface area contributed by atoms with Crippen LogP contribution in [-0.2, 0) is 9.53 Å². The van der Waals surface area contributed by atoms with Crippen molar-refractivity contribution in [3.05, 3.63) is 45.6 Å². The molecule has 4 rings (SSSR count). The lowest BCUT2D eigenvalue weighted by molar-refractivity contribution is -0.146. The average molecular weight is 418 g/mol. The molecule has 0 bridgehead atoms. The Morgan fingerprint density at radius 3 is 2.88 bits per heavy atom. The van der Waals surface area contributed by atoms with Crippen molar-refractivity contribution >= 4 is 27.8 Å². The minimum atomic E-state index is -0.421. The Kier molecular flexibility index (Phi) is 4.76. The second-order valence-corrected chi connectivity index (χ2v) is 7.65. The molecule has 1 N–H and O–H groups in total. The van der Waals surface area contributed by atoms with Gasteiger partial charge in [0, 0.05) is 10.2 Å². The molecule has 0 radical (unpaired) electrons. The second kappa shape index (κ2) is 7.19. The lowest BCUT2D eigenvalue weighted by Gasteiger charge is -2.29. The van der Waals surface area contributed by atoms with Gasteiger partial charge in [-0.2, -0.15) is 4.68 Å². The maximum absolute atomic E-state index is 13.1. The first kappa shape index (κ1) is 17.2. The third-order valence-corrected chi connectivity index (χ3v) is 5.42. The van der Waals surface area contributed by atoms with Crippen LogP contribution in [0.2, 0.25) is 0 Å². The van der Waals surface area contributed by atoms with Crippen LogP contribution in [0.1, 0.15) is 50.6 Å². The zero-order valence-electron chi connectivity index (χ0n) is 14.5. The molecule has 0 spiro atoms. The largest absolute Gasteiger partial charge is 0.459 e. The van der Waals surface area contributed by atoms with Gasteiger partial charge in [-0.25, -0.2) is 4.79 Å². The quantitative estimate of drug-likeness (QED) is 0.768. The van der Waals surface area contributed by atoms with Crippen molar-refractivity contribution in [1.29, 1.82) is 0 Å². The fourth-order valence-corrected chi connectivity index (χ4v) is 4.08. The first-order chi connectivity index (χ1) is 12.6. The van der Waals surface area contributed by atoms with Crippen LogP contribution in [0, 0.1) is 0 Å². The van der Waals surface area contributed by atoms with Gasteiger partial charge in [-0.3, -0.25) is 0 Å². The minimum Gasteiger partial charge on any atom is -0.459 e. The van der Waals surface area contributed by atoms with Gasteiger partial charge >= 0.3 is 5.97 Å². The summed E-state index contributed by atoms with van der Waals surface area (Å²) in [6.07, 6.45) is 5.30. The number of hydrogen-bond donors (Lipinski definition) is 1. The molecule has 136 valence electrons. The summed E-state index contributed by atoms with van der Waals surface area (Å²) in [4.78, 5) is 13.1. The fourth-order valence-electron chi connectivity index (χ4n) is 3.66. The molecule has 1 fully saturated rings. The summed E-state index contributed by atoms with van der Waals surface area (Å²) in [5.41, 5.74) is 2.19. The third-order valence-electron chi connectivity index (χ3n) is 4.92. The number of tetrazole rings is 1. The summed E-state index contributed by atoms with van der Waals surface area (Å²) in [6.45, 7) is 1.86. The van der Waals surface area contributed by atoms with Gasteiger partial charge < -0.3 is 10.1 Å². The molecule has 1 aliphatic carbocycles. The van der Waals surface area contributed by atoms with Crippen LogP contribution in [0.25, 0.3) is 0 Å². The molecule has 2 heterocycles. The molecule has 26 heavy (non-hydrogen) atoms.